The van der Waals surface area contributed by atoms with Crippen molar-refractivity contribution in [2.45, 2.75) is 88.1 Å². The predicted octanol–water partition coefficient (Wildman–Crippen LogP) is 7.09. The van der Waals surface area contributed by atoms with Crippen LogP contribution < -0.4 is 5.32 Å². The first kappa shape index (κ1) is 26.9. The summed E-state index contributed by atoms with van der Waals surface area (Å²) in [5.41, 5.74) is 1.17. The highest BCUT2D eigenvalue weighted by Gasteiger charge is 2.35. The lowest BCUT2D eigenvalue weighted by Gasteiger charge is -2.36. The van der Waals surface area contributed by atoms with E-state index in [2.05, 4.69) is 38.2 Å². The van der Waals surface area contributed by atoms with Crippen LogP contribution in [0, 0.1) is 23.7 Å². The van der Waals surface area contributed by atoms with Gasteiger partial charge in [-0.1, -0.05) is 99.1 Å². The molecular weight excluding hydrogens is 318 g/mol. The Labute approximate surface area is 164 Å². The van der Waals surface area contributed by atoms with Crippen molar-refractivity contribution < 1.29 is 4.79 Å². The summed E-state index contributed by atoms with van der Waals surface area (Å²) in [5.74, 6) is 2.26. The van der Waals surface area contributed by atoms with Crippen LogP contribution in [0.1, 0.15) is 87.1 Å². The van der Waals surface area contributed by atoms with Gasteiger partial charge in [-0.3, -0.25) is 4.79 Å². The Balaban J connectivity index is 0. The molecule has 0 spiro atoms. The van der Waals surface area contributed by atoms with Gasteiger partial charge >= 0.3 is 0 Å². The fourth-order valence-electron chi connectivity index (χ4n) is 3.42. The standard InChI is InChI=1S/C18H27NO.3C2H6/c1-13(2)16-10-9-14(3)11-17(16)18(20)19-12-15-7-5-4-6-8-15;3*1-2/h4-8,13-14,16-17H,9-12H2,1-3H3,(H,19,20);3*1-2H3. The maximum atomic E-state index is 12.5. The Morgan fingerprint density at radius 3 is 2.04 bits per heavy atom. The normalized spacial score (nSPS) is 21.1. The highest BCUT2D eigenvalue weighted by Crippen LogP contribution is 2.38. The third kappa shape index (κ3) is 9.99. The van der Waals surface area contributed by atoms with E-state index >= 15 is 0 Å². The van der Waals surface area contributed by atoms with E-state index in [1.165, 1.54) is 18.4 Å². The minimum absolute atomic E-state index is 0.197. The van der Waals surface area contributed by atoms with Crippen LogP contribution in [0.25, 0.3) is 0 Å². The van der Waals surface area contributed by atoms with Gasteiger partial charge < -0.3 is 5.32 Å². The second-order valence-corrected chi connectivity index (χ2v) is 6.64. The monoisotopic (exact) mass is 363 g/mol. The molecular formula is C24H45NO. The van der Waals surface area contributed by atoms with Gasteiger partial charge in [-0.2, -0.15) is 0 Å². The Bertz CT molecular complexity index is 427. The summed E-state index contributed by atoms with van der Waals surface area (Å²) in [4.78, 5) is 12.5. The van der Waals surface area contributed by atoms with Gasteiger partial charge in [0.25, 0.3) is 0 Å². The first-order valence-corrected chi connectivity index (χ1v) is 10.9. The molecule has 0 saturated heterocycles. The van der Waals surface area contributed by atoms with Crippen LogP contribution in [0.2, 0.25) is 0 Å². The zero-order chi connectivity index (χ0) is 20.5. The maximum absolute atomic E-state index is 12.5. The Kier molecular flexibility index (Phi) is 17.7. The molecule has 152 valence electrons. The molecule has 1 fully saturated rings. The van der Waals surface area contributed by atoms with Crippen molar-refractivity contribution in [2.75, 3.05) is 0 Å². The van der Waals surface area contributed by atoms with E-state index in [1.807, 2.05) is 59.7 Å². The minimum atomic E-state index is 0.197. The summed E-state index contributed by atoms with van der Waals surface area (Å²) in [6.45, 7) is 19.4. The lowest BCUT2D eigenvalue weighted by Crippen LogP contribution is -2.39. The number of carbonyl (C=O) groups is 1. The van der Waals surface area contributed by atoms with Crippen LogP contribution in [0.5, 0.6) is 0 Å². The summed E-state index contributed by atoms with van der Waals surface area (Å²) >= 11 is 0. The van der Waals surface area contributed by atoms with Crippen molar-refractivity contribution in [1.82, 2.24) is 5.32 Å². The summed E-state index contributed by atoms with van der Waals surface area (Å²) in [5, 5.41) is 3.14. The van der Waals surface area contributed by atoms with Crippen molar-refractivity contribution in [3.63, 3.8) is 0 Å². The van der Waals surface area contributed by atoms with Gasteiger partial charge in [-0.05, 0) is 36.2 Å². The molecule has 1 aromatic rings. The topological polar surface area (TPSA) is 29.1 Å². The summed E-state index contributed by atoms with van der Waals surface area (Å²) < 4.78 is 0. The van der Waals surface area contributed by atoms with Crippen molar-refractivity contribution in [1.29, 1.82) is 0 Å². The van der Waals surface area contributed by atoms with Crippen LogP contribution in [0.15, 0.2) is 30.3 Å². The van der Waals surface area contributed by atoms with Gasteiger partial charge in [0.2, 0.25) is 5.91 Å². The molecule has 0 bridgehead atoms. The maximum Gasteiger partial charge on any atom is 0.223 e. The molecule has 1 amide bonds. The van der Waals surface area contributed by atoms with Gasteiger partial charge in [-0.25, -0.2) is 0 Å². The zero-order valence-electron chi connectivity index (χ0n) is 18.9. The van der Waals surface area contributed by atoms with E-state index in [1.54, 1.807) is 0 Å². The Hall–Kier alpha value is -1.31. The summed E-state index contributed by atoms with van der Waals surface area (Å²) in [6, 6.07) is 10.2. The zero-order valence-corrected chi connectivity index (χ0v) is 18.9. The average Bonchev–Trinajstić information content (AvgIpc) is 2.71. The molecule has 0 radical (unpaired) electrons. The largest absolute Gasteiger partial charge is 0.352 e. The van der Waals surface area contributed by atoms with E-state index in [0.29, 0.717) is 24.3 Å². The molecule has 3 atom stereocenters. The summed E-state index contributed by atoms with van der Waals surface area (Å²) in [7, 11) is 0. The second-order valence-electron chi connectivity index (χ2n) is 6.64. The smallest absolute Gasteiger partial charge is 0.223 e. The van der Waals surface area contributed by atoms with Crippen LogP contribution in [-0.2, 0) is 11.3 Å². The third-order valence-corrected chi connectivity index (χ3v) is 4.67. The number of benzene rings is 1. The highest BCUT2D eigenvalue weighted by atomic mass is 16.1. The number of carbonyl (C=O) groups excluding carboxylic acids is 1. The fraction of sp³-hybridized carbons (Fsp3) is 0.708. The van der Waals surface area contributed by atoms with Crippen LogP contribution in [-0.4, -0.2) is 5.91 Å². The van der Waals surface area contributed by atoms with E-state index in [-0.39, 0.29) is 11.8 Å². The molecule has 1 saturated carbocycles. The van der Waals surface area contributed by atoms with Gasteiger partial charge in [0, 0.05) is 12.5 Å². The molecule has 1 aromatic carbocycles. The second kappa shape index (κ2) is 17.1. The van der Waals surface area contributed by atoms with Crippen molar-refractivity contribution in [2.24, 2.45) is 23.7 Å². The third-order valence-electron chi connectivity index (χ3n) is 4.67. The Morgan fingerprint density at radius 2 is 1.54 bits per heavy atom. The van der Waals surface area contributed by atoms with Crippen LogP contribution >= 0.6 is 0 Å². The van der Waals surface area contributed by atoms with E-state index in [9.17, 15) is 4.79 Å². The molecule has 2 nitrogen and oxygen atoms in total. The molecule has 1 N–H and O–H groups in total. The van der Waals surface area contributed by atoms with Gasteiger partial charge in [0.15, 0.2) is 0 Å². The molecule has 2 rings (SSSR count). The molecule has 0 aromatic heterocycles. The average molecular weight is 364 g/mol. The lowest BCUT2D eigenvalue weighted by molar-refractivity contribution is -0.129. The fourth-order valence-corrected chi connectivity index (χ4v) is 3.42. The van der Waals surface area contributed by atoms with Crippen molar-refractivity contribution in [3.05, 3.63) is 35.9 Å². The number of rotatable bonds is 4. The number of hydrogen-bond acceptors (Lipinski definition) is 1. The molecule has 3 unspecified atom stereocenters. The molecule has 26 heavy (non-hydrogen) atoms. The number of nitrogens with one attached hydrogen (secondary N) is 1. The lowest BCUT2D eigenvalue weighted by atomic mass is 9.70. The van der Waals surface area contributed by atoms with E-state index in [0.717, 1.165) is 6.42 Å². The van der Waals surface area contributed by atoms with Gasteiger partial charge in [0.1, 0.15) is 0 Å². The highest BCUT2D eigenvalue weighted by molar-refractivity contribution is 5.79. The first-order valence-electron chi connectivity index (χ1n) is 10.9. The SMILES string of the molecule is CC.CC.CC.CC1CCC(C(C)C)C(C(=O)NCc2ccccc2)C1. The molecule has 0 aliphatic heterocycles. The minimum Gasteiger partial charge on any atom is -0.352 e. The van der Waals surface area contributed by atoms with Gasteiger partial charge in [-0.15, -0.1) is 0 Å². The molecule has 1 aliphatic carbocycles. The van der Waals surface area contributed by atoms with Crippen molar-refractivity contribution >= 4 is 5.91 Å². The molecule has 2 heteroatoms. The van der Waals surface area contributed by atoms with E-state index < -0.39 is 0 Å². The Morgan fingerprint density at radius 1 is 1.00 bits per heavy atom. The predicted molar refractivity (Wildman–Crippen MR) is 117 cm³/mol. The molecule has 1 aliphatic rings. The number of hydrogen-bond donors (Lipinski definition) is 1. The summed E-state index contributed by atoms with van der Waals surface area (Å²) in [6.07, 6.45) is 3.51. The van der Waals surface area contributed by atoms with E-state index in [4.69, 9.17) is 0 Å². The number of amides is 1. The first-order chi connectivity index (χ1) is 12.6. The van der Waals surface area contributed by atoms with Crippen molar-refractivity contribution in [3.8, 4) is 0 Å². The van der Waals surface area contributed by atoms with Crippen LogP contribution in [0.4, 0.5) is 0 Å². The molecule has 0 heterocycles. The van der Waals surface area contributed by atoms with Gasteiger partial charge in [0.05, 0.1) is 0 Å². The van der Waals surface area contributed by atoms with Crippen LogP contribution in [0.3, 0.4) is 0 Å². The quantitative estimate of drug-likeness (QED) is 0.608.